The molecule has 0 amide bonds. The van der Waals surface area contributed by atoms with E-state index in [2.05, 4.69) is 32.4 Å². The van der Waals surface area contributed by atoms with Gasteiger partial charge >= 0.3 is 0 Å². The van der Waals surface area contributed by atoms with E-state index in [0.717, 1.165) is 74.2 Å². The molecule has 2 aliphatic carbocycles. The first-order chi connectivity index (χ1) is 17.1. The molecule has 194 valence electrons. The monoisotopic (exact) mass is 511 g/mol. The Morgan fingerprint density at radius 1 is 1.22 bits per heavy atom. The van der Waals surface area contributed by atoms with Gasteiger partial charge in [-0.1, -0.05) is 6.42 Å². The number of fused-ring (bicyclic) bond motifs is 4. The smallest absolute Gasteiger partial charge is 0.208 e. The number of hydrogen-bond acceptors (Lipinski definition) is 6. The molecule has 3 aromatic heterocycles. The molecule has 36 heavy (non-hydrogen) atoms. The van der Waals surface area contributed by atoms with Crippen molar-refractivity contribution in [3.05, 3.63) is 34.9 Å². The van der Waals surface area contributed by atoms with E-state index in [1.54, 1.807) is 0 Å². The standard InChI is InChI=1S/C26H37N7O2S/c1-17-12-24(20-14-27-31(3)25(20)28-17)32-11-8-23-21(15-32)18(2)29-33(23)16-26-9-5-6-19(13-26)22(7-10-26)30-36(4,34)35/h12,14,19,22,30H,5-11,13,15-16H2,1-4H3. The van der Waals surface area contributed by atoms with Crippen molar-refractivity contribution in [1.29, 1.82) is 0 Å². The fraction of sp³-hybridized carbons (Fsp3) is 0.654. The molecule has 1 aliphatic heterocycles. The molecule has 2 saturated carbocycles. The normalized spacial score (nSPS) is 26.4. The van der Waals surface area contributed by atoms with Gasteiger partial charge in [-0.15, -0.1) is 0 Å². The quantitative estimate of drug-likeness (QED) is 0.565. The Morgan fingerprint density at radius 3 is 2.86 bits per heavy atom. The third kappa shape index (κ3) is 4.22. The van der Waals surface area contributed by atoms with Gasteiger partial charge in [0.1, 0.15) is 0 Å². The maximum atomic E-state index is 11.9. The number of aryl methyl sites for hydroxylation is 3. The lowest BCUT2D eigenvalue weighted by molar-refractivity contribution is 0.0382. The molecule has 0 aromatic carbocycles. The predicted octanol–water partition coefficient (Wildman–Crippen LogP) is 3.23. The number of aromatic nitrogens is 5. The number of anilines is 1. The second-order valence-electron chi connectivity index (χ2n) is 11.5. The second-order valence-corrected chi connectivity index (χ2v) is 13.3. The second kappa shape index (κ2) is 8.55. The molecular weight excluding hydrogens is 474 g/mol. The summed E-state index contributed by atoms with van der Waals surface area (Å²) in [4.78, 5) is 7.15. The number of nitrogens with zero attached hydrogens (tertiary/aromatic N) is 6. The summed E-state index contributed by atoms with van der Waals surface area (Å²) in [5.41, 5.74) is 7.22. The molecule has 10 heteroatoms. The zero-order chi connectivity index (χ0) is 25.2. The molecule has 0 saturated heterocycles. The Bertz CT molecular complexity index is 1430. The summed E-state index contributed by atoms with van der Waals surface area (Å²) in [6.45, 7) is 6.94. The summed E-state index contributed by atoms with van der Waals surface area (Å²) in [5.74, 6) is 0.432. The van der Waals surface area contributed by atoms with E-state index in [4.69, 9.17) is 10.1 Å². The van der Waals surface area contributed by atoms with Gasteiger partial charge < -0.3 is 4.90 Å². The van der Waals surface area contributed by atoms with E-state index in [-0.39, 0.29) is 11.5 Å². The van der Waals surface area contributed by atoms with E-state index in [9.17, 15) is 8.42 Å². The van der Waals surface area contributed by atoms with Gasteiger partial charge in [0, 0.05) is 56.1 Å². The van der Waals surface area contributed by atoms with Crippen LogP contribution < -0.4 is 9.62 Å². The summed E-state index contributed by atoms with van der Waals surface area (Å²) in [6.07, 6.45) is 10.8. The van der Waals surface area contributed by atoms with Crippen LogP contribution in [0.3, 0.4) is 0 Å². The van der Waals surface area contributed by atoms with Gasteiger partial charge in [-0.2, -0.15) is 10.2 Å². The molecule has 2 bridgehead atoms. The summed E-state index contributed by atoms with van der Waals surface area (Å²) in [5, 5.41) is 10.6. The van der Waals surface area contributed by atoms with E-state index in [1.165, 1.54) is 36.0 Å². The van der Waals surface area contributed by atoms with E-state index in [0.29, 0.717) is 5.92 Å². The van der Waals surface area contributed by atoms with Crippen molar-refractivity contribution < 1.29 is 8.42 Å². The van der Waals surface area contributed by atoms with Crippen LogP contribution in [-0.2, 0) is 36.6 Å². The van der Waals surface area contributed by atoms with Crippen LogP contribution in [0, 0.1) is 25.2 Å². The molecule has 0 radical (unpaired) electrons. The summed E-state index contributed by atoms with van der Waals surface area (Å²) < 4.78 is 30.8. The highest BCUT2D eigenvalue weighted by Gasteiger charge is 2.45. The Hall–Kier alpha value is -2.46. The van der Waals surface area contributed by atoms with Crippen LogP contribution in [0.4, 0.5) is 5.69 Å². The topological polar surface area (TPSA) is 97.9 Å². The molecule has 9 nitrogen and oxygen atoms in total. The van der Waals surface area contributed by atoms with Gasteiger partial charge in [-0.3, -0.25) is 9.36 Å². The van der Waals surface area contributed by atoms with Crippen molar-refractivity contribution in [3.8, 4) is 0 Å². The Kier molecular flexibility index (Phi) is 5.68. The van der Waals surface area contributed by atoms with Crippen molar-refractivity contribution >= 4 is 26.7 Å². The molecule has 3 aliphatic rings. The molecule has 2 fully saturated rings. The highest BCUT2D eigenvalue weighted by molar-refractivity contribution is 7.88. The van der Waals surface area contributed by atoms with Crippen LogP contribution in [-0.4, -0.2) is 51.8 Å². The van der Waals surface area contributed by atoms with Crippen molar-refractivity contribution in [3.63, 3.8) is 0 Å². The third-order valence-corrected chi connectivity index (χ3v) is 9.60. The minimum atomic E-state index is -3.17. The Balaban J connectivity index is 1.24. The van der Waals surface area contributed by atoms with Gasteiger partial charge in [-0.25, -0.2) is 18.1 Å². The lowest BCUT2D eigenvalue weighted by Gasteiger charge is -2.49. The molecule has 3 aromatic rings. The van der Waals surface area contributed by atoms with E-state index < -0.39 is 10.0 Å². The van der Waals surface area contributed by atoms with E-state index >= 15 is 0 Å². The van der Waals surface area contributed by atoms with Crippen LogP contribution in [0.5, 0.6) is 0 Å². The van der Waals surface area contributed by atoms with Gasteiger partial charge in [0.15, 0.2) is 5.65 Å². The fourth-order valence-electron chi connectivity index (χ4n) is 7.22. The molecule has 1 N–H and O–H groups in total. The molecule has 6 rings (SSSR count). The Morgan fingerprint density at radius 2 is 2.06 bits per heavy atom. The molecule has 3 unspecified atom stereocenters. The van der Waals surface area contributed by atoms with Crippen LogP contribution >= 0.6 is 0 Å². The van der Waals surface area contributed by atoms with Crippen molar-refractivity contribution in [2.75, 3.05) is 17.7 Å². The minimum Gasteiger partial charge on any atom is -0.366 e. The zero-order valence-electron chi connectivity index (χ0n) is 21.8. The molecule has 3 atom stereocenters. The lowest BCUT2D eigenvalue weighted by atomic mass is 9.60. The fourth-order valence-corrected chi connectivity index (χ4v) is 8.08. The summed E-state index contributed by atoms with van der Waals surface area (Å²) in [7, 11) is -1.23. The SMILES string of the molecule is Cc1cc(N2CCc3c(c(C)nn3CC34CCCC(C3)C(NS(C)(=O)=O)CC4)C2)c2cnn(C)c2n1. The van der Waals surface area contributed by atoms with Gasteiger partial charge in [0.05, 0.1) is 29.2 Å². The minimum absolute atomic E-state index is 0.0865. The van der Waals surface area contributed by atoms with Gasteiger partial charge in [0.2, 0.25) is 10.0 Å². The largest absolute Gasteiger partial charge is 0.366 e. The van der Waals surface area contributed by atoms with Crippen LogP contribution in [0.2, 0.25) is 0 Å². The average molecular weight is 512 g/mol. The van der Waals surface area contributed by atoms with Crippen LogP contribution in [0.1, 0.15) is 61.2 Å². The molecule has 4 heterocycles. The maximum Gasteiger partial charge on any atom is 0.208 e. The van der Waals surface area contributed by atoms with Crippen LogP contribution in [0.25, 0.3) is 11.0 Å². The first kappa shape index (κ1) is 23.9. The van der Waals surface area contributed by atoms with Crippen molar-refractivity contribution in [1.82, 2.24) is 29.3 Å². The van der Waals surface area contributed by atoms with Crippen LogP contribution in [0.15, 0.2) is 12.3 Å². The number of hydrogen-bond donors (Lipinski definition) is 1. The van der Waals surface area contributed by atoms with Gasteiger partial charge in [-0.05, 0) is 63.4 Å². The van der Waals surface area contributed by atoms with Crippen molar-refractivity contribution in [2.45, 2.75) is 77.9 Å². The maximum absolute atomic E-state index is 11.9. The van der Waals surface area contributed by atoms with E-state index in [1.807, 2.05) is 24.9 Å². The summed E-state index contributed by atoms with van der Waals surface area (Å²) >= 11 is 0. The highest BCUT2D eigenvalue weighted by atomic mass is 32.2. The van der Waals surface area contributed by atoms with Crippen molar-refractivity contribution in [2.24, 2.45) is 18.4 Å². The number of pyridine rings is 1. The number of sulfonamides is 1. The highest BCUT2D eigenvalue weighted by Crippen LogP contribution is 2.50. The Labute approximate surface area is 213 Å². The molecule has 0 spiro atoms. The average Bonchev–Trinajstić information content (AvgIpc) is 3.34. The number of nitrogens with one attached hydrogen (secondary N) is 1. The first-order valence-electron chi connectivity index (χ1n) is 13.2. The predicted molar refractivity (Wildman–Crippen MR) is 140 cm³/mol. The summed E-state index contributed by atoms with van der Waals surface area (Å²) in [6, 6.07) is 2.27. The lowest BCUT2D eigenvalue weighted by Crippen LogP contribution is -2.49. The third-order valence-electron chi connectivity index (χ3n) is 8.87. The number of rotatable bonds is 5. The zero-order valence-corrected chi connectivity index (χ0v) is 22.6. The van der Waals surface area contributed by atoms with Gasteiger partial charge in [0.25, 0.3) is 0 Å². The molecular formula is C26H37N7O2S. The first-order valence-corrected chi connectivity index (χ1v) is 15.1.